The molecule has 21 heavy (non-hydrogen) atoms. The third kappa shape index (κ3) is 2.38. The Morgan fingerprint density at radius 2 is 1.81 bits per heavy atom. The first-order valence-corrected chi connectivity index (χ1v) is 6.62. The van der Waals surface area contributed by atoms with Crippen molar-refractivity contribution < 1.29 is 8.81 Å². The van der Waals surface area contributed by atoms with Gasteiger partial charge in [-0.3, -0.25) is 4.79 Å². The molecule has 0 N–H and O–H groups in total. The number of allylic oxidation sites excluding steroid dienone is 1. The summed E-state index contributed by atoms with van der Waals surface area (Å²) in [6.07, 6.45) is 2.06. The topological polar surface area (TPSA) is 30.2 Å². The molecule has 0 spiro atoms. The second-order valence-corrected chi connectivity index (χ2v) is 4.73. The van der Waals surface area contributed by atoms with E-state index in [0.717, 1.165) is 0 Å². The fourth-order valence-electron chi connectivity index (χ4n) is 2.34. The molecule has 1 aromatic heterocycles. The SMILES string of the molecule is C=CCc1c(-c2ccc(F)cc2)oc2ccccc2c1=O. The molecule has 1 heterocycles. The molecular weight excluding hydrogens is 267 g/mol. The van der Waals surface area contributed by atoms with Crippen LogP contribution in [-0.4, -0.2) is 0 Å². The van der Waals surface area contributed by atoms with E-state index in [-0.39, 0.29) is 11.2 Å². The minimum absolute atomic E-state index is 0.0731. The third-order valence-corrected chi connectivity index (χ3v) is 3.35. The standard InChI is InChI=1S/C18H13FO2/c1-2-5-15-17(20)14-6-3-4-7-16(14)21-18(15)12-8-10-13(19)11-9-12/h2-4,6-11H,1,5H2. The first-order chi connectivity index (χ1) is 10.2. The number of fused-ring (bicyclic) bond motifs is 1. The highest BCUT2D eigenvalue weighted by Gasteiger charge is 2.14. The van der Waals surface area contributed by atoms with Gasteiger partial charge in [0.2, 0.25) is 0 Å². The van der Waals surface area contributed by atoms with Gasteiger partial charge in [-0.1, -0.05) is 18.2 Å². The summed E-state index contributed by atoms with van der Waals surface area (Å²) < 4.78 is 19.0. The number of halogens is 1. The van der Waals surface area contributed by atoms with Gasteiger partial charge in [0.15, 0.2) is 5.43 Å². The normalized spacial score (nSPS) is 10.7. The largest absolute Gasteiger partial charge is 0.456 e. The number of para-hydroxylation sites is 1. The van der Waals surface area contributed by atoms with Crippen molar-refractivity contribution in [3.8, 4) is 11.3 Å². The van der Waals surface area contributed by atoms with Crippen LogP contribution < -0.4 is 5.43 Å². The smallest absolute Gasteiger partial charge is 0.196 e. The molecular formula is C18H13FO2. The molecule has 3 aromatic rings. The van der Waals surface area contributed by atoms with Crippen LogP contribution in [0, 0.1) is 5.82 Å². The average molecular weight is 280 g/mol. The summed E-state index contributed by atoms with van der Waals surface area (Å²) in [6.45, 7) is 3.69. The summed E-state index contributed by atoms with van der Waals surface area (Å²) in [5, 5.41) is 0.542. The van der Waals surface area contributed by atoms with Crippen molar-refractivity contribution in [2.45, 2.75) is 6.42 Å². The Balaban J connectivity index is 2.34. The number of rotatable bonds is 3. The molecule has 0 atom stereocenters. The summed E-state index contributed by atoms with van der Waals surface area (Å²) in [4.78, 5) is 12.6. The first-order valence-electron chi connectivity index (χ1n) is 6.62. The zero-order chi connectivity index (χ0) is 14.8. The molecule has 0 fully saturated rings. The molecule has 3 rings (SSSR count). The summed E-state index contributed by atoms with van der Waals surface area (Å²) in [7, 11) is 0. The van der Waals surface area contributed by atoms with Crippen molar-refractivity contribution in [3.05, 3.63) is 82.8 Å². The van der Waals surface area contributed by atoms with Gasteiger partial charge in [-0.25, -0.2) is 4.39 Å². The number of hydrogen-bond acceptors (Lipinski definition) is 2. The quantitative estimate of drug-likeness (QED) is 0.668. The molecule has 0 saturated heterocycles. The second kappa shape index (κ2) is 5.37. The minimum Gasteiger partial charge on any atom is -0.456 e. The van der Waals surface area contributed by atoms with Gasteiger partial charge in [-0.05, 0) is 42.8 Å². The van der Waals surface area contributed by atoms with Gasteiger partial charge >= 0.3 is 0 Å². The molecule has 2 nitrogen and oxygen atoms in total. The molecule has 0 bridgehead atoms. The van der Waals surface area contributed by atoms with Crippen molar-refractivity contribution in [2.24, 2.45) is 0 Å². The molecule has 0 saturated carbocycles. The van der Waals surface area contributed by atoms with Gasteiger partial charge in [-0.2, -0.15) is 0 Å². The van der Waals surface area contributed by atoms with E-state index in [1.165, 1.54) is 12.1 Å². The zero-order valence-electron chi connectivity index (χ0n) is 11.3. The van der Waals surface area contributed by atoms with Crippen LogP contribution in [0.4, 0.5) is 4.39 Å². The van der Waals surface area contributed by atoms with Crippen molar-refractivity contribution in [3.63, 3.8) is 0 Å². The van der Waals surface area contributed by atoms with E-state index >= 15 is 0 Å². The highest BCUT2D eigenvalue weighted by Crippen LogP contribution is 2.26. The maximum atomic E-state index is 13.1. The average Bonchev–Trinajstić information content (AvgIpc) is 2.51. The maximum absolute atomic E-state index is 13.1. The lowest BCUT2D eigenvalue weighted by Gasteiger charge is -2.08. The van der Waals surface area contributed by atoms with Crippen LogP contribution in [0.2, 0.25) is 0 Å². The Morgan fingerprint density at radius 1 is 1.10 bits per heavy atom. The van der Waals surface area contributed by atoms with Gasteiger partial charge in [0.25, 0.3) is 0 Å². The van der Waals surface area contributed by atoms with Crippen LogP contribution in [0.3, 0.4) is 0 Å². The van der Waals surface area contributed by atoms with Crippen molar-refractivity contribution in [1.29, 1.82) is 0 Å². The lowest BCUT2D eigenvalue weighted by Crippen LogP contribution is -2.10. The van der Waals surface area contributed by atoms with Crippen LogP contribution >= 0.6 is 0 Å². The van der Waals surface area contributed by atoms with Gasteiger partial charge in [0.05, 0.1) is 5.39 Å². The van der Waals surface area contributed by atoms with Crippen LogP contribution in [-0.2, 0) is 6.42 Å². The van der Waals surface area contributed by atoms with E-state index < -0.39 is 0 Å². The van der Waals surface area contributed by atoms with E-state index in [1.807, 2.05) is 6.07 Å². The maximum Gasteiger partial charge on any atom is 0.196 e. The lowest BCUT2D eigenvalue weighted by atomic mass is 10.0. The number of benzene rings is 2. The van der Waals surface area contributed by atoms with Gasteiger partial charge in [-0.15, -0.1) is 6.58 Å². The fraction of sp³-hybridized carbons (Fsp3) is 0.0556. The number of hydrogen-bond donors (Lipinski definition) is 0. The van der Waals surface area contributed by atoms with Crippen molar-refractivity contribution in [1.82, 2.24) is 0 Å². The molecule has 0 aliphatic heterocycles. The van der Waals surface area contributed by atoms with E-state index in [4.69, 9.17) is 4.42 Å². The van der Waals surface area contributed by atoms with E-state index in [2.05, 4.69) is 6.58 Å². The molecule has 2 aromatic carbocycles. The van der Waals surface area contributed by atoms with Gasteiger partial charge < -0.3 is 4.42 Å². The summed E-state index contributed by atoms with van der Waals surface area (Å²) in [5.41, 5.74) is 1.66. The Morgan fingerprint density at radius 3 is 2.52 bits per heavy atom. The van der Waals surface area contributed by atoms with Crippen LogP contribution in [0.15, 0.2) is 70.4 Å². The van der Waals surface area contributed by atoms with Crippen molar-refractivity contribution >= 4 is 11.0 Å². The highest BCUT2D eigenvalue weighted by molar-refractivity contribution is 5.80. The summed E-state index contributed by atoms with van der Waals surface area (Å²) in [5.74, 6) is 0.144. The Hall–Kier alpha value is -2.68. The molecule has 0 aliphatic rings. The van der Waals surface area contributed by atoms with Crippen LogP contribution in [0.1, 0.15) is 5.56 Å². The van der Waals surface area contributed by atoms with E-state index in [0.29, 0.717) is 34.3 Å². The predicted molar refractivity (Wildman–Crippen MR) is 81.8 cm³/mol. The van der Waals surface area contributed by atoms with Crippen LogP contribution in [0.25, 0.3) is 22.3 Å². The molecule has 0 unspecified atom stereocenters. The molecule has 0 amide bonds. The first kappa shape index (κ1) is 13.3. The van der Waals surface area contributed by atoms with Gasteiger partial charge in [0.1, 0.15) is 17.2 Å². The lowest BCUT2D eigenvalue weighted by molar-refractivity contribution is 0.610. The monoisotopic (exact) mass is 280 g/mol. The minimum atomic E-state index is -0.327. The van der Waals surface area contributed by atoms with E-state index in [1.54, 1.807) is 36.4 Å². The predicted octanol–water partition coefficient (Wildman–Crippen LogP) is 4.33. The second-order valence-electron chi connectivity index (χ2n) is 4.73. The third-order valence-electron chi connectivity index (χ3n) is 3.35. The highest BCUT2D eigenvalue weighted by atomic mass is 19.1. The summed E-state index contributed by atoms with van der Waals surface area (Å²) >= 11 is 0. The summed E-state index contributed by atoms with van der Waals surface area (Å²) in [6, 6.07) is 13.0. The zero-order valence-corrected chi connectivity index (χ0v) is 11.3. The molecule has 104 valence electrons. The Labute approximate surface area is 121 Å². The van der Waals surface area contributed by atoms with Crippen molar-refractivity contribution in [2.75, 3.05) is 0 Å². The van der Waals surface area contributed by atoms with Gasteiger partial charge in [0, 0.05) is 11.1 Å². The van der Waals surface area contributed by atoms with Crippen LogP contribution in [0.5, 0.6) is 0 Å². The fourth-order valence-corrected chi connectivity index (χ4v) is 2.34. The Kier molecular flexibility index (Phi) is 3.40. The molecule has 0 radical (unpaired) electrons. The molecule has 0 aliphatic carbocycles. The molecule has 3 heteroatoms. The van der Waals surface area contributed by atoms with E-state index in [9.17, 15) is 9.18 Å². The Bertz CT molecular complexity index is 861.